The molecule has 8 N–H and O–H groups in total. The van der Waals surface area contributed by atoms with Crippen LogP contribution >= 0.6 is 0 Å². The van der Waals surface area contributed by atoms with Crippen molar-refractivity contribution in [1.82, 2.24) is 19.5 Å². The maximum Gasteiger partial charge on any atom is 0.333 e. The van der Waals surface area contributed by atoms with Crippen molar-refractivity contribution >= 4 is 33.2 Å². The van der Waals surface area contributed by atoms with Crippen LogP contribution < -0.4 is 16.6 Å². The van der Waals surface area contributed by atoms with E-state index >= 15 is 0 Å². The SMILES string of the molecule is Nc1nc(N)c2ncn([C@@H]3O[C@H](COS(N)(=O)=O)[C@@H](O)[C@H]3O)c2n1. The van der Waals surface area contributed by atoms with Gasteiger partial charge in [-0.1, -0.05) is 0 Å². The second-order valence-electron chi connectivity index (χ2n) is 5.11. The number of nitrogens with two attached hydrogens (primary N) is 3. The predicted molar refractivity (Wildman–Crippen MR) is 79.1 cm³/mol. The highest BCUT2D eigenvalue weighted by Crippen LogP contribution is 2.32. The van der Waals surface area contributed by atoms with Gasteiger partial charge < -0.3 is 26.4 Å². The van der Waals surface area contributed by atoms with Gasteiger partial charge in [0.1, 0.15) is 23.8 Å². The molecule has 0 unspecified atom stereocenters. The Bertz CT molecular complexity index is 870. The molecule has 24 heavy (non-hydrogen) atoms. The minimum absolute atomic E-state index is 0.0402. The molecule has 4 atom stereocenters. The molecule has 14 heteroatoms. The summed E-state index contributed by atoms with van der Waals surface area (Å²) >= 11 is 0. The van der Waals surface area contributed by atoms with Gasteiger partial charge in [-0.2, -0.15) is 18.4 Å². The van der Waals surface area contributed by atoms with Gasteiger partial charge in [0.05, 0.1) is 12.9 Å². The average molecular weight is 361 g/mol. The van der Waals surface area contributed by atoms with Crippen molar-refractivity contribution in [3.8, 4) is 0 Å². The molecule has 0 radical (unpaired) electrons. The lowest BCUT2D eigenvalue weighted by Gasteiger charge is -2.16. The number of aliphatic hydroxyl groups excluding tert-OH is 2. The van der Waals surface area contributed by atoms with Crippen molar-refractivity contribution in [2.75, 3.05) is 18.1 Å². The maximum absolute atomic E-state index is 10.8. The molecule has 13 nitrogen and oxygen atoms in total. The molecule has 0 bridgehead atoms. The molecule has 132 valence electrons. The Morgan fingerprint density at radius 3 is 2.67 bits per heavy atom. The van der Waals surface area contributed by atoms with E-state index in [0.29, 0.717) is 0 Å². The number of hydrogen-bond acceptors (Lipinski definition) is 11. The zero-order valence-electron chi connectivity index (χ0n) is 12.1. The summed E-state index contributed by atoms with van der Waals surface area (Å²) < 4.78 is 32.8. The molecule has 2 aromatic heterocycles. The molecule has 3 heterocycles. The predicted octanol–water partition coefficient (Wildman–Crippen LogP) is -3.17. The quantitative estimate of drug-likeness (QED) is 0.366. The molecule has 3 rings (SSSR count). The molecule has 0 spiro atoms. The van der Waals surface area contributed by atoms with Crippen LogP contribution in [0.1, 0.15) is 6.23 Å². The van der Waals surface area contributed by atoms with Crippen LogP contribution in [0.3, 0.4) is 0 Å². The molecule has 2 aromatic rings. The number of imidazole rings is 1. The van der Waals surface area contributed by atoms with Gasteiger partial charge in [-0.3, -0.25) is 8.75 Å². The molecule has 0 amide bonds. The lowest BCUT2D eigenvalue weighted by Crippen LogP contribution is -2.35. The van der Waals surface area contributed by atoms with E-state index < -0.39 is 41.5 Å². The minimum Gasteiger partial charge on any atom is -0.387 e. The Hall–Kier alpha value is -2.10. The normalized spacial score (nSPS) is 27.8. The number of fused-ring (bicyclic) bond motifs is 1. The Balaban J connectivity index is 1.90. The number of ether oxygens (including phenoxy) is 1. The van der Waals surface area contributed by atoms with Crippen LogP contribution in [-0.4, -0.2) is 63.1 Å². The van der Waals surface area contributed by atoms with Crippen molar-refractivity contribution in [3.63, 3.8) is 0 Å². The number of rotatable bonds is 4. The summed E-state index contributed by atoms with van der Waals surface area (Å²) in [6, 6.07) is 0. The third-order valence-electron chi connectivity index (χ3n) is 3.47. The number of aliphatic hydroxyl groups is 2. The number of hydrogen-bond donors (Lipinski definition) is 5. The van der Waals surface area contributed by atoms with Crippen molar-refractivity contribution in [2.45, 2.75) is 24.5 Å². The highest BCUT2D eigenvalue weighted by molar-refractivity contribution is 7.84. The zero-order chi connectivity index (χ0) is 17.6. The number of nitrogens with zero attached hydrogens (tertiary/aromatic N) is 4. The molecule has 1 aliphatic heterocycles. The van der Waals surface area contributed by atoms with Crippen LogP contribution in [0.25, 0.3) is 11.2 Å². The van der Waals surface area contributed by atoms with Gasteiger partial charge in [0.15, 0.2) is 17.7 Å². The van der Waals surface area contributed by atoms with Gasteiger partial charge in [-0.15, -0.1) is 0 Å². The summed E-state index contributed by atoms with van der Waals surface area (Å²) in [5.74, 6) is -0.0673. The van der Waals surface area contributed by atoms with Crippen molar-refractivity contribution in [2.24, 2.45) is 5.14 Å². The lowest BCUT2D eigenvalue weighted by atomic mass is 10.1. The molecule has 0 aliphatic carbocycles. The first kappa shape index (κ1) is 16.7. The van der Waals surface area contributed by atoms with Gasteiger partial charge in [-0.05, 0) is 0 Å². The largest absolute Gasteiger partial charge is 0.387 e. The fourth-order valence-corrected chi connectivity index (χ4v) is 2.72. The summed E-state index contributed by atoms with van der Waals surface area (Å²) in [6.45, 7) is -0.570. The van der Waals surface area contributed by atoms with Crippen molar-refractivity contribution in [3.05, 3.63) is 6.33 Å². The fraction of sp³-hybridized carbons (Fsp3) is 0.500. The van der Waals surface area contributed by atoms with Gasteiger partial charge in [0.2, 0.25) is 5.95 Å². The molecule has 1 saturated heterocycles. The van der Waals surface area contributed by atoms with Crippen LogP contribution in [-0.2, 0) is 19.2 Å². The van der Waals surface area contributed by atoms with Crippen LogP contribution in [0.2, 0.25) is 0 Å². The zero-order valence-corrected chi connectivity index (χ0v) is 12.9. The summed E-state index contributed by atoms with van der Waals surface area (Å²) in [5.41, 5.74) is 11.7. The van der Waals surface area contributed by atoms with Crippen molar-refractivity contribution in [1.29, 1.82) is 0 Å². The van der Waals surface area contributed by atoms with Gasteiger partial charge in [0.25, 0.3) is 0 Å². The topological polar surface area (TPSA) is 215 Å². The third kappa shape index (κ3) is 2.97. The van der Waals surface area contributed by atoms with Crippen LogP contribution in [0.5, 0.6) is 0 Å². The van der Waals surface area contributed by atoms with Gasteiger partial charge in [-0.25, -0.2) is 10.1 Å². The Morgan fingerprint density at radius 2 is 2.00 bits per heavy atom. The molecule has 0 aromatic carbocycles. The Kier molecular flexibility index (Phi) is 4.02. The van der Waals surface area contributed by atoms with Crippen LogP contribution in [0, 0.1) is 0 Å². The number of anilines is 2. The second-order valence-corrected chi connectivity index (χ2v) is 6.34. The number of nitrogen functional groups attached to an aromatic ring is 2. The van der Waals surface area contributed by atoms with E-state index in [9.17, 15) is 18.6 Å². The van der Waals surface area contributed by atoms with Crippen LogP contribution in [0.4, 0.5) is 11.8 Å². The molecule has 1 fully saturated rings. The van der Waals surface area contributed by atoms with E-state index in [4.69, 9.17) is 21.3 Å². The Labute approximate surface area is 135 Å². The highest BCUT2D eigenvalue weighted by atomic mass is 32.2. The van der Waals surface area contributed by atoms with E-state index in [1.165, 1.54) is 10.9 Å². The van der Waals surface area contributed by atoms with E-state index in [0.717, 1.165) is 0 Å². The first-order chi connectivity index (χ1) is 11.2. The molecular formula is C10H15N7O6S. The lowest BCUT2D eigenvalue weighted by molar-refractivity contribution is -0.0467. The third-order valence-corrected chi connectivity index (χ3v) is 3.94. The maximum atomic E-state index is 10.8. The van der Waals surface area contributed by atoms with E-state index in [1.54, 1.807) is 0 Å². The van der Waals surface area contributed by atoms with Crippen LogP contribution in [0.15, 0.2) is 6.33 Å². The summed E-state index contributed by atoms with van der Waals surface area (Å²) in [4.78, 5) is 11.8. The summed E-state index contributed by atoms with van der Waals surface area (Å²) in [5, 5.41) is 24.9. The molecular weight excluding hydrogens is 346 g/mol. The Morgan fingerprint density at radius 1 is 1.29 bits per heavy atom. The van der Waals surface area contributed by atoms with Crippen molar-refractivity contribution < 1.29 is 27.6 Å². The van der Waals surface area contributed by atoms with E-state index in [-0.39, 0.29) is 22.9 Å². The summed E-state index contributed by atoms with van der Waals surface area (Å²) in [6.07, 6.45) is -3.82. The van der Waals surface area contributed by atoms with Gasteiger partial charge >= 0.3 is 10.3 Å². The van der Waals surface area contributed by atoms with E-state index in [1.807, 2.05) is 0 Å². The number of aromatic nitrogens is 4. The minimum atomic E-state index is -4.22. The summed E-state index contributed by atoms with van der Waals surface area (Å²) in [7, 11) is -4.22. The standard InChI is InChI=1S/C10H15N7O6S/c11-7-4-8(16-10(12)15-7)17(2-14-4)9-6(19)5(18)3(23-9)1-22-24(13,20)21/h2-3,5-6,9,18-19H,1H2,(H2,13,20,21)(H4,11,12,15,16)/t3-,5-,6-,9-/m1/s1. The fourth-order valence-electron chi connectivity index (χ4n) is 2.40. The molecule has 0 saturated carbocycles. The average Bonchev–Trinajstić information content (AvgIpc) is 3.00. The second kappa shape index (κ2) is 5.76. The first-order valence-corrected chi connectivity index (χ1v) is 8.09. The monoisotopic (exact) mass is 361 g/mol. The van der Waals surface area contributed by atoms with Gasteiger partial charge in [0, 0.05) is 0 Å². The smallest absolute Gasteiger partial charge is 0.333 e. The van der Waals surface area contributed by atoms with E-state index in [2.05, 4.69) is 19.1 Å². The first-order valence-electron chi connectivity index (χ1n) is 6.61. The molecule has 1 aliphatic rings. The highest BCUT2D eigenvalue weighted by Gasteiger charge is 2.45.